The van der Waals surface area contributed by atoms with Crippen molar-refractivity contribution in [3.05, 3.63) is 58.7 Å². The first-order valence-corrected chi connectivity index (χ1v) is 7.04. The molecule has 2 rings (SSSR count). The Bertz CT molecular complexity index is 508. The molecule has 94 valence electrons. The molecule has 0 unspecified atom stereocenters. The molecule has 2 aromatic carbocycles. The molecule has 0 saturated carbocycles. The number of hydrogen-bond acceptors (Lipinski definition) is 0. The van der Waals surface area contributed by atoms with Gasteiger partial charge < -0.3 is 0 Å². The average molecular weight is 279 g/mol. The van der Waals surface area contributed by atoms with E-state index in [0.717, 1.165) is 0 Å². The second kappa shape index (κ2) is 5.77. The van der Waals surface area contributed by atoms with Gasteiger partial charge in [0.2, 0.25) is 0 Å². The molecule has 0 N–H and O–H groups in total. The minimum atomic E-state index is 0.566. The fourth-order valence-corrected chi connectivity index (χ4v) is 2.65. The van der Waals surface area contributed by atoms with Crippen molar-refractivity contribution in [2.24, 2.45) is 0 Å². The van der Waals surface area contributed by atoms with Crippen molar-refractivity contribution in [2.75, 3.05) is 0 Å². The summed E-state index contributed by atoms with van der Waals surface area (Å²) in [4.78, 5) is 0. The smallest absolute Gasteiger partial charge is 0.0476 e. The number of halogens is 2. The molecule has 0 spiro atoms. The number of alkyl halides is 2. The lowest BCUT2D eigenvalue weighted by atomic mass is 9.97. The molecule has 2 aromatic rings. The Morgan fingerprint density at radius 3 is 1.39 bits per heavy atom. The molecule has 18 heavy (non-hydrogen) atoms. The predicted octanol–water partition coefficient (Wildman–Crippen LogP) is 5.45. The molecule has 0 aliphatic rings. The van der Waals surface area contributed by atoms with Gasteiger partial charge in [-0.15, -0.1) is 23.2 Å². The van der Waals surface area contributed by atoms with E-state index >= 15 is 0 Å². The Labute approximate surface area is 119 Å². The van der Waals surface area contributed by atoms with Crippen LogP contribution in [0.4, 0.5) is 0 Å². The molecule has 0 saturated heterocycles. The van der Waals surface area contributed by atoms with E-state index in [-0.39, 0.29) is 0 Å². The summed E-state index contributed by atoms with van der Waals surface area (Å²) in [6, 6.07) is 12.8. The quantitative estimate of drug-likeness (QED) is 0.655. The highest BCUT2D eigenvalue weighted by Gasteiger charge is 2.04. The van der Waals surface area contributed by atoms with Crippen LogP contribution in [-0.2, 0) is 11.8 Å². The molecular weight excluding hydrogens is 263 g/mol. The SMILES string of the molecule is Cc1cc(-c2ccc(CCl)c(C)c2)ccc1CCl. The van der Waals surface area contributed by atoms with Crippen molar-refractivity contribution >= 4 is 23.2 Å². The zero-order chi connectivity index (χ0) is 13.1. The topological polar surface area (TPSA) is 0 Å². The molecule has 0 amide bonds. The van der Waals surface area contributed by atoms with Crippen LogP contribution in [0.5, 0.6) is 0 Å². The molecular formula is C16H16Cl2. The molecule has 0 heterocycles. The van der Waals surface area contributed by atoms with Gasteiger partial charge in [0.25, 0.3) is 0 Å². The van der Waals surface area contributed by atoms with E-state index in [0.29, 0.717) is 11.8 Å². The van der Waals surface area contributed by atoms with Crippen LogP contribution in [0.2, 0.25) is 0 Å². The molecule has 0 atom stereocenters. The molecule has 0 fully saturated rings. The van der Waals surface area contributed by atoms with Crippen LogP contribution >= 0.6 is 23.2 Å². The molecule has 0 bridgehead atoms. The Kier molecular flexibility index (Phi) is 4.31. The second-order valence-electron chi connectivity index (χ2n) is 4.55. The third-order valence-corrected chi connectivity index (χ3v) is 3.88. The summed E-state index contributed by atoms with van der Waals surface area (Å²) in [6.45, 7) is 4.20. The lowest BCUT2D eigenvalue weighted by molar-refractivity contribution is 1.28. The van der Waals surface area contributed by atoms with Crippen LogP contribution in [0.25, 0.3) is 11.1 Å². The second-order valence-corrected chi connectivity index (χ2v) is 5.08. The molecule has 0 aliphatic carbocycles. The minimum absolute atomic E-state index is 0.566. The third-order valence-electron chi connectivity index (χ3n) is 3.31. The van der Waals surface area contributed by atoms with E-state index in [4.69, 9.17) is 23.2 Å². The van der Waals surface area contributed by atoms with Gasteiger partial charge in [-0.05, 0) is 47.2 Å². The van der Waals surface area contributed by atoms with Crippen molar-refractivity contribution in [1.82, 2.24) is 0 Å². The third kappa shape index (κ3) is 2.71. The maximum Gasteiger partial charge on any atom is 0.0476 e. The first-order valence-electron chi connectivity index (χ1n) is 5.97. The van der Waals surface area contributed by atoms with E-state index in [1.807, 2.05) is 0 Å². The summed E-state index contributed by atoms with van der Waals surface area (Å²) >= 11 is 11.8. The maximum atomic E-state index is 5.88. The standard InChI is InChI=1S/C16H16Cl2/c1-11-7-13(3-5-15(11)9-17)14-4-6-16(10-18)12(2)8-14/h3-8H,9-10H2,1-2H3. The zero-order valence-electron chi connectivity index (χ0n) is 10.6. The number of benzene rings is 2. The summed E-state index contributed by atoms with van der Waals surface area (Å²) in [5, 5.41) is 0. The average Bonchev–Trinajstić information content (AvgIpc) is 2.38. The van der Waals surface area contributed by atoms with Gasteiger partial charge >= 0.3 is 0 Å². The highest BCUT2D eigenvalue weighted by molar-refractivity contribution is 6.17. The largest absolute Gasteiger partial charge is 0.122 e. The van der Waals surface area contributed by atoms with E-state index in [9.17, 15) is 0 Å². The Hall–Kier alpha value is -0.980. The number of aryl methyl sites for hydroxylation is 2. The summed E-state index contributed by atoms with van der Waals surface area (Å²) in [5.41, 5.74) is 7.31. The predicted molar refractivity (Wildman–Crippen MR) is 80.5 cm³/mol. The first kappa shape index (κ1) is 13.5. The van der Waals surface area contributed by atoms with Gasteiger partial charge in [-0.2, -0.15) is 0 Å². The normalized spacial score (nSPS) is 10.7. The molecule has 0 aromatic heterocycles. The van der Waals surface area contributed by atoms with Gasteiger partial charge in [-0.25, -0.2) is 0 Å². The lowest BCUT2D eigenvalue weighted by Crippen LogP contribution is -1.89. The van der Waals surface area contributed by atoms with Gasteiger partial charge in [0, 0.05) is 11.8 Å². The van der Waals surface area contributed by atoms with Gasteiger partial charge in [0.1, 0.15) is 0 Å². The maximum absolute atomic E-state index is 5.88. The van der Waals surface area contributed by atoms with E-state index in [1.54, 1.807) is 0 Å². The summed E-state index contributed by atoms with van der Waals surface area (Å²) < 4.78 is 0. The number of hydrogen-bond donors (Lipinski definition) is 0. The summed E-state index contributed by atoms with van der Waals surface area (Å²) in [6.07, 6.45) is 0. The minimum Gasteiger partial charge on any atom is -0.122 e. The van der Waals surface area contributed by atoms with E-state index in [1.165, 1.54) is 33.4 Å². The fourth-order valence-electron chi connectivity index (χ4n) is 2.05. The van der Waals surface area contributed by atoms with Gasteiger partial charge in [-0.1, -0.05) is 36.4 Å². The first-order chi connectivity index (χ1) is 8.65. The van der Waals surface area contributed by atoms with Gasteiger partial charge in [0.05, 0.1) is 0 Å². The van der Waals surface area contributed by atoms with Crippen LogP contribution in [0, 0.1) is 13.8 Å². The fraction of sp³-hybridized carbons (Fsp3) is 0.250. The van der Waals surface area contributed by atoms with Crippen LogP contribution in [0.15, 0.2) is 36.4 Å². The zero-order valence-corrected chi connectivity index (χ0v) is 12.1. The molecule has 0 radical (unpaired) electrons. The monoisotopic (exact) mass is 278 g/mol. The molecule has 0 aliphatic heterocycles. The Morgan fingerprint density at radius 2 is 1.11 bits per heavy atom. The highest BCUT2D eigenvalue weighted by Crippen LogP contribution is 2.25. The number of rotatable bonds is 3. The highest BCUT2D eigenvalue weighted by atomic mass is 35.5. The summed E-state index contributed by atoms with van der Waals surface area (Å²) in [7, 11) is 0. The van der Waals surface area contributed by atoms with Gasteiger partial charge in [-0.3, -0.25) is 0 Å². The van der Waals surface area contributed by atoms with E-state index in [2.05, 4.69) is 50.2 Å². The lowest BCUT2D eigenvalue weighted by Gasteiger charge is -2.09. The van der Waals surface area contributed by atoms with Crippen molar-refractivity contribution < 1.29 is 0 Å². The van der Waals surface area contributed by atoms with Crippen molar-refractivity contribution in [3.63, 3.8) is 0 Å². The van der Waals surface area contributed by atoms with Crippen LogP contribution in [0.1, 0.15) is 22.3 Å². The Morgan fingerprint density at radius 1 is 0.722 bits per heavy atom. The molecule has 0 nitrogen and oxygen atoms in total. The van der Waals surface area contributed by atoms with Gasteiger partial charge in [0.15, 0.2) is 0 Å². The summed E-state index contributed by atoms with van der Waals surface area (Å²) in [5.74, 6) is 1.13. The van der Waals surface area contributed by atoms with Crippen molar-refractivity contribution in [1.29, 1.82) is 0 Å². The van der Waals surface area contributed by atoms with Crippen LogP contribution in [0.3, 0.4) is 0 Å². The van der Waals surface area contributed by atoms with Crippen LogP contribution < -0.4 is 0 Å². The van der Waals surface area contributed by atoms with Crippen molar-refractivity contribution in [2.45, 2.75) is 25.6 Å². The molecule has 2 heteroatoms. The van der Waals surface area contributed by atoms with Crippen molar-refractivity contribution in [3.8, 4) is 11.1 Å². The van der Waals surface area contributed by atoms with E-state index < -0.39 is 0 Å². The Balaban J connectivity index is 2.42. The van der Waals surface area contributed by atoms with Crippen LogP contribution in [-0.4, -0.2) is 0 Å².